The monoisotopic (exact) mass is 448 g/mol. The molecule has 1 aliphatic rings. The van der Waals surface area contributed by atoms with E-state index >= 15 is 0 Å². The first kappa shape index (κ1) is 25.5. The summed E-state index contributed by atoms with van der Waals surface area (Å²) >= 11 is 5.72. The van der Waals surface area contributed by atoms with Crippen LogP contribution in [0.3, 0.4) is 0 Å². The fraction of sp³-hybridized carbons (Fsp3) is 0.520. The smallest absolute Gasteiger partial charge is 0.119 e. The molecule has 1 aromatic rings. The SMILES string of the molecule is C=C(Cl)/C=C\C(=C/C)OC[C@@H](O)CNC1CCN(CC(C)COc2ccccc2)CC1. The van der Waals surface area contributed by atoms with Gasteiger partial charge in [-0.25, -0.2) is 0 Å². The highest BCUT2D eigenvalue weighted by Gasteiger charge is 2.21. The molecule has 1 aromatic carbocycles. The van der Waals surface area contributed by atoms with E-state index in [2.05, 4.69) is 23.7 Å². The Bertz CT molecular complexity index is 700. The van der Waals surface area contributed by atoms with E-state index in [-0.39, 0.29) is 6.61 Å². The van der Waals surface area contributed by atoms with E-state index in [1.54, 1.807) is 12.2 Å². The second-order valence-electron chi connectivity index (χ2n) is 8.15. The van der Waals surface area contributed by atoms with Crippen molar-refractivity contribution in [3.05, 3.63) is 65.9 Å². The molecule has 2 N–H and O–H groups in total. The minimum Gasteiger partial charge on any atom is -0.493 e. The van der Waals surface area contributed by atoms with Crippen molar-refractivity contribution in [2.45, 2.75) is 38.8 Å². The first-order valence-corrected chi connectivity index (χ1v) is 11.5. The summed E-state index contributed by atoms with van der Waals surface area (Å²) in [5, 5.41) is 14.1. The van der Waals surface area contributed by atoms with Crippen LogP contribution in [0.4, 0.5) is 0 Å². The number of piperidine rings is 1. The molecule has 0 aromatic heterocycles. The van der Waals surface area contributed by atoms with E-state index in [0.29, 0.717) is 29.3 Å². The summed E-state index contributed by atoms with van der Waals surface area (Å²) in [4.78, 5) is 2.51. The number of aliphatic hydroxyl groups excluding tert-OH is 1. The van der Waals surface area contributed by atoms with Crippen molar-refractivity contribution in [1.29, 1.82) is 0 Å². The predicted octanol–water partition coefficient (Wildman–Crippen LogP) is 4.35. The molecule has 1 heterocycles. The molecule has 1 aliphatic heterocycles. The Morgan fingerprint density at radius 1 is 1.26 bits per heavy atom. The molecule has 0 aliphatic carbocycles. The van der Waals surface area contributed by atoms with Gasteiger partial charge in [0.1, 0.15) is 24.2 Å². The van der Waals surface area contributed by atoms with Crippen molar-refractivity contribution >= 4 is 11.6 Å². The third-order valence-corrected chi connectivity index (χ3v) is 5.36. The van der Waals surface area contributed by atoms with Crippen molar-refractivity contribution in [1.82, 2.24) is 10.2 Å². The van der Waals surface area contributed by atoms with Gasteiger partial charge in [-0.3, -0.25) is 0 Å². The van der Waals surface area contributed by atoms with E-state index in [4.69, 9.17) is 21.1 Å². The molecule has 1 unspecified atom stereocenters. The van der Waals surface area contributed by atoms with Crippen LogP contribution in [0.15, 0.2) is 65.9 Å². The second-order valence-corrected chi connectivity index (χ2v) is 8.63. The maximum atomic E-state index is 10.2. The van der Waals surface area contributed by atoms with Gasteiger partial charge in [0.15, 0.2) is 0 Å². The van der Waals surface area contributed by atoms with Gasteiger partial charge in [-0.15, -0.1) is 0 Å². The van der Waals surface area contributed by atoms with Crippen LogP contribution in [-0.2, 0) is 4.74 Å². The fourth-order valence-corrected chi connectivity index (χ4v) is 3.59. The number of hydrogen-bond acceptors (Lipinski definition) is 5. The third kappa shape index (κ3) is 10.9. The van der Waals surface area contributed by atoms with Crippen LogP contribution in [0.25, 0.3) is 0 Å². The van der Waals surface area contributed by atoms with Crippen molar-refractivity contribution in [3.63, 3.8) is 0 Å². The minimum absolute atomic E-state index is 0.240. The van der Waals surface area contributed by atoms with E-state index in [1.165, 1.54) is 0 Å². The Labute approximate surface area is 192 Å². The molecule has 2 rings (SSSR count). The topological polar surface area (TPSA) is 54.0 Å². The fourth-order valence-electron chi connectivity index (χ4n) is 3.52. The van der Waals surface area contributed by atoms with Gasteiger partial charge >= 0.3 is 0 Å². The van der Waals surface area contributed by atoms with Gasteiger partial charge in [-0.1, -0.05) is 43.3 Å². The Kier molecular flexibility index (Phi) is 11.8. The molecule has 5 nitrogen and oxygen atoms in total. The van der Waals surface area contributed by atoms with Gasteiger partial charge < -0.3 is 24.8 Å². The number of likely N-dealkylation sites (tertiary alicyclic amines) is 1. The number of nitrogens with zero attached hydrogens (tertiary/aromatic N) is 1. The Hall–Kier alpha value is -1.79. The predicted molar refractivity (Wildman–Crippen MR) is 128 cm³/mol. The van der Waals surface area contributed by atoms with Gasteiger partial charge in [0.05, 0.1) is 6.61 Å². The van der Waals surface area contributed by atoms with E-state index < -0.39 is 6.10 Å². The van der Waals surface area contributed by atoms with E-state index in [9.17, 15) is 5.11 Å². The molecule has 6 heteroatoms. The van der Waals surface area contributed by atoms with Gasteiger partial charge in [-0.2, -0.15) is 0 Å². The lowest BCUT2D eigenvalue weighted by molar-refractivity contribution is 0.0695. The molecule has 31 heavy (non-hydrogen) atoms. The number of ether oxygens (including phenoxy) is 2. The van der Waals surface area contributed by atoms with Gasteiger partial charge in [0, 0.05) is 30.1 Å². The second kappa shape index (κ2) is 14.3. The molecule has 1 fully saturated rings. The molecule has 172 valence electrons. The van der Waals surface area contributed by atoms with Crippen LogP contribution in [0, 0.1) is 5.92 Å². The first-order chi connectivity index (χ1) is 15.0. The maximum Gasteiger partial charge on any atom is 0.119 e. The number of aliphatic hydroxyl groups is 1. The lowest BCUT2D eigenvalue weighted by Crippen LogP contribution is -2.46. The zero-order valence-electron chi connectivity index (χ0n) is 18.8. The summed E-state index contributed by atoms with van der Waals surface area (Å²) in [5.41, 5.74) is 0. The molecular weight excluding hydrogens is 412 g/mol. The van der Waals surface area contributed by atoms with E-state index in [1.807, 2.05) is 43.3 Å². The minimum atomic E-state index is -0.559. The number of allylic oxidation sites excluding steroid dienone is 4. The average Bonchev–Trinajstić information content (AvgIpc) is 2.78. The van der Waals surface area contributed by atoms with Gasteiger partial charge in [0.25, 0.3) is 0 Å². The zero-order valence-corrected chi connectivity index (χ0v) is 19.6. The van der Waals surface area contributed by atoms with Crippen molar-refractivity contribution < 1.29 is 14.6 Å². The van der Waals surface area contributed by atoms with Gasteiger partial charge in [0.2, 0.25) is 0 Å². The quantitative estimate of drug-likeness (QED) is 0.347. The molecular formula is C25H37ClN2O3. The van der Waals surface area contributed by atoms with E-state index in [0.717, 1.165) is 44.8 Å². The Morgan fingerprint density at radius 2 is 1.97 bits per heavy atom. The summed E-state index contributed by atoms with van der Waals surface area (Å²) in [6.45, 7) is 12.4. The largest absolute Gasteiger partial charge is 0.493 e. The molecule has 0 radical (unpaired) electrons. The molecule has 2 atom stereocenters. The van der Waals surface area contributed by atoms with Crippen LogP contribution in [0.1, 0.15) is 26.7 Å². The summed E-state index contributed by atoms with van der Waals surface area (Å²) in [5.74, 6) is 2.08. The number of rotatable bonds is 13. The molecule has 0 amide bonds. The lowest BCUT2D eigenvalue weighted by atomic mass is 10.0. The van der Waals surface area contributed by atoms with Crippen molar-refractivity contribution in [3.8, 4) is 5.75 Å². The molecule has 0 spiro atoms. The lowest BCUT2D eigenvalue weighted by Gasteiger charge is -2.34. The van der Waals surface area contributed by atoms with Gasteiger partial charge in [-0.05, 0) is 63.2 Å². The Morgan fingerprint density at radius 3 is 2.61 bits per heavy atom. The maximum absolute atomic E-state index is 10.2. The number of nitrogens with one attached hydrogen (secondary N) is 1. The zero-order chi connectivity index (χ0) is 22.5. The molecule has 0 saturated carbocycles. The standard InChI is InChI=1S/C25H37ClN2O3/c1-4-24(11-10-21(3)26)31-19-23(29)16-27-22-12-14-28(15-13-22)17-20(2)18-30-25-8-6-5-7-9-25/h4-11,20,22-23,27,29H,3,12-19H2,1-2H3/b11-10-,24-4+/t20?,23-/m0/s1. The van der Waals surface area contributed by atoms with Crippen LogP contribution >= 0.6 is 11.6 Å². The molecule has 0 bridgehead atoms. The normalized spacial score (nSPS) is 18.1. The van der Waals surface area contributed by atoms with Crippen LogP contribution in [-0.4, -0.2) is 61.5 Å². The summed E-state index contributed by atoms with van der Waals surface area (Å²) in [7, 11) is 0. The number of hydrogen-bond donors (Lipinski definition) is 2. The average molecular weight is 449 g/mol. The van der Waals surface area contributed by atoms with Crippen LogP contribution < -0.4 is 10.1 Å². The first-order valence-electron chi connectivity index (χ1n) is 11.1. The summed E-state index contributed by atoms with van der Waals surface area (Å²) in [6, 6.07) is 10.4. The third-order valence-electron chi connectivity index (χ3n) is 5.23. The summed E-state index contributed by atoms with van der Waals surface area (Å²) < 4.78 is 11.5. The highest BCUT2D eigenvalue weighted by molar-refractivity contribution is 6.30. The summed E-state index contributed by atoms with van der Waals surface area (Å²) in [6.07, 6.45) is 6.86. The highest BCUT2D eigenvalue weighted by Crippen LogP contribution is 2.14. The number of benzene rings is 1. The molecule has 1 saturated heterocycles. The number of halogens is 1. The highest BCUT2D eigenvalue weighted by atomic mass is 35.5. The van der Waals surface area contributed by atoms with Crippen molar-refractivity contribution in [2.75, 3.05) is 39.4 Å². The number of para-hydroxylation sites is 1. The van der Waals surface area contributed by atoms with Crippen LogP contribution in [0.2, 0.25) is 0 Å². The van der Waals surface area contributed by atoms with Crippen molar-refractivity contribution in [2.24, 2.45) is 5.92 Å². The Balaban J connectivity index is 1.58. The van der Waals surface area contributed by atoms with Crippen LogP contribution in [0.5, 0.6) is 5.75 Å².